The van der Waals surface area contributed by atoms with Crippen LogP contribution in [0.25, 0.3) is 0 Å². The average Bonchev–Trinajstić information content (AvgIpc) is 2.87. The van der Waals surface area contributed by atoms with Crippen LogP contribution in [0.15, 0.2) is 24.3 Å². The van der Waals surface area contributed by atoms with Gasteiger partial charge in [0.2, 0.25) is 0 Å². The van der Waals surface area contributed by atoms with Gasteiger partial charge in [-0.05, 0) is 56.7 Å². The standard InChI is InChI=1S/C22H28N4O2/c1-16-9-8-10-17(15-16)23-21(27)19-18-11-4-7-14-26(18)20(24-19)22(28)25-12-5-2-3-6-13-25/h8-10,15H,2-7,11-14H2,1H3,(H,23,27). The maximum atomic E-state index is 13.2. The lowest BCUT2D eigenvalue weighted by Gasteiger charge is -2.22. The minimum absolute atomic E-state index is 0.0281. The molecule has 0 aliphatic carbocycles. The van der Waals surface area contributed by atoms with Gasteiger partial charge >= 0.3 is 0 Å². The van der Waals surface area contributed by atoms with Gasteiger partial charge in [-0.1, -0.05) is 25.0 Å². The largest absolute Gasteiger partial charge is 0.336 e. The molecule has 148 valence electrons. The fraction of sp³-hybridized carbons (Fsp3) is 0.500. The predicted octanol–water partition coefficient (Wildman–Crippen LogP) is 3.80. The zero-order valence-electron chi connectivity index (χ0n) is 16.5. The highest BCUT2D eigenvalue weighted by Crippen LogP contribution is 2.24. The first kappa shape index (κ1) is 18.7. The Morgan fingerprint density at radius 3 is 2.50 bits per heavy atom. The van der Waals surface area contributed by atoms with Gasteiger partial charge in [-0.3, -0.25) is 9.59 Å². The van der Waals surface area contributed by atoms with E-state index in [9.17, 15) is 9.59 Å². The van der Waals surface area contributed by atoms with E-state index in [1.54, 1.807) is 0 Å². The molecule has 1 N–H and O–H groups in total. The second-order valence-electron chi connectivity index (χ2n) is 7.87. The van der Waals surface area contributed by atoms with Crippen LogP contribution in [0.3, 0.4) is 0 Å². The minimum atomic E-state index is -0.230. The Hall–Kier alpha value is -2.63. The first-order valence-electron chi connectivity index (χ1n) is 10.4. The third-order valence-electron chi connectivity index (χ3n) is 5.69. The molecule has 2 aliphatic heterocycles. The van der Waals surface area contributed by atoms with Crippen molar-refractivity contribution >= 4 is 17.5 Å². The van der Waals surface area contributed by atoms with Crippen molar-refractivity contribution in [3.05, 3.63) is 47.0 Å². The summed E-state index contributed by atoms with van der Waals surface area (Å²) in [4.78, 5) is 32.6. The summed E-state index contributed by atoms with van der Waals surface area (Å²) in [7, 11) is 0. The van der Waals surface area contributed by atoms with Gasteiger partial charge in [0.1, 0.15) is 0 Å². The smallest absolute Gasteiger partial charge is 0.289 e. The Labute approximate surface area is 165 Å². The molecule has 1 saturated heterocycles. The first-order chi connectivity index (χ1) is 13.6. The Morgan fingerprint density at radius 2 is 1.75 bits per heavy atom. The van der Waals surface area contributed by atoms with Gasteiger partial charge in [0.15, 0.2) is 11.5 Å². The van der Waals surface area contributed by atoms with Gasteiger partial charge in [0, 0.05) is 25.3 Å². The van der Waals surface area contributed by atoms with E-state index in [-0.39, 0.29) is 11.8 Å². The summed E-state index contributed by atoms with van der Waals surface area (Å²) in [6, 6.07) is 7.72. The van der Waals surface area contributed by atoms with Gasteiger partial charge in [-0.2, -0.15) is 0 Å². The molecule has 1 aromatic heterocycles. The molecule has 6 heteroatoms. The number of imidazole rings is 1. The van der Waals surface area contributed by atoms with E-state index in [1.807, 2.05) is 40.7 Å². The molecule has 2 aliphatic rings. The van der Waals surface area contributed by atoms with Crippen molar-refractivity contribution < 1.29 is 9.59 Å². The van der Waals surface area contributed by atoms with E-state index in [0.29, 0.717) is 11.5 Å². The third-order valence-corrected chi connectivity index (χ3v) is 5.69. The Balaban J connectivity index is 1.63. The molecule has 1 fully saturated rings. The van der Waals surface area contributed by atoms with Crippen molar-refractivity contribution in [3.63, 3.8) is 0 Å². The minimum Gasteiger partial charge on any atom is -0.336 e. The molecule has 3 heterocycles. The van der Waals surface area contributed by atoms with Crippen LogP contribution in [0.4, 0.5) is 5.69 Å². The molecule has 0 bridgehead atoms. The van der Waals surface area contributed by atoms with Crippen LogP contribution >= 0.6 is 0 Å². The monoisotopic (exact) mass is 380 g/mol. The average molecular weight is 380 g/mol. The summed E-state index contributed by atoms with van der Waals surface area (Å²) >= 11 is 0. The fourth-order valence-electron chi connectivity index (χ4n) is 4.22. The van der Waals surface area contributed by atoms with Gasteiger partial charge in [0.05, 0.1) is 5.69 Å². The molecule has 2 aromatic rings. The number of amides is 2. The lowest BCUT2D eigenvalue weighted by Crippen LogP contribution is -2.34. The number of anilines is 1. The summed E-state index contributed by atoms with van der Waals surface area (Å²) in [6.07, 6.45) is 7.26. The van der Waals surface area contributed by atoms with E-state index in [1.165, 1.54) is 12.8 Å². The zero-order chi connectivity index (χ0) is 19.5. The van der Waals surface area contributed by atoms with Crippen molar-refractivity contribution in [1.82, 2.24) is 14.5 Å². The van der Waals surface area contributed by atoms with Crippen LogP contribution in [0, 0.1) is 6.92 Å². The SMILES string of the molecule is Cc1cccc(NC(=O)c2nc(C(=O)N3CCCCCC3)n3c2CCCC3)c1. The molecule has 0 unspecified atom stereocenters. The van der Waals surface area contributed by atoms with Crippen molar-refractivity contribution in [1.29, 1.82) is 0 Å². The number of aryl methyl sites for hydroxylation is 1. The first-order valence-corrected chi connectivity index (χ1v) is 10.4. The van der Waals surface area contributed by atoms with E-state index >= 15 is 0 Å². The molecular formula is C22H28N4O2. The molecule has 1 aromatic carbocycles. The topological polar surface area (TPSA) is 67.2 Å². The van der Waals surface area contributed by atoms with Gasteiger partial charge < -0.3 is 14.8 Å². The molecule has 28 heavy (non-hydrogen) atoms. The highest BCUT2D eigenvalue weighted by molar-refractivity contribution is 6.05. The third kappa shape index (κ3) is 3.81. The van der Waals surface area contributed by atoms with E-state index in [4.69, 9.17) is 0 Å². The second kappa shape index (κ2) is 8.17. The van der Waals surface area contributed by atoms with Crippen LogP contribution in [-0.2, 0) is 13.0 Å². The highest BCUT2D eigenvalue weighted by Gasteiger charge is 2.30. The number of nitrogens with one attached hydrogen (secondary N) is 1. The normalized spacial score (nSPS) is 17.0. The quantitative estimate of drug-likeness (QED) is 0.881. The van der Waals surface area contributed by atoms with Gasteiger partial charge in [-0.25, -0.2) is 4.98 Å². The summed E-state index contributed by atoms with van der Waals surface area (Å²) in [5, 5.41) is 2.95. The molecule has 0 saturated carbocycles. The molecule has 0 radical (unpaired) electrons. The second-order valence-corrected chi connectivity index (χ2v) is 7.87. The number of nitrogens with zero attached hydrogens (tertiary/aromatic N) is 3. The Bertz CT molecular complexity index is 879. The van der Waals surface area contributed by atoms with Crippen molar-refractivity contribution in [2.24, 2.45) is 0 Å². The highest BCUT2D eigenvalue weighted by atomic mass is 16.2. The lowest BCUT2D eigenvalue weighted by molar-refractivity contribution is 0.0743. The van der Waals surface area contributed by atoms with Crippen molar-refractivity contribution in [3.8, 4) is 0 Å². The van der Waals surface area contributed by atoms with Crippen molar-refractivity contribution in [2.45, 2.75) is 58.4 Å². The number of likely N-dealkylation sites (tertiary alicyclic amines) is 1. The number of aromatic nitrogens is 2. The number of carbonyl (C=O) groups is 2. The Kier molecular flexibility index (Phi) is 5.46. The van der Waals surface area contributed by atoms with E-state index in [2.05, 4.69) is 10.3 Å². The van der Waals surface area contributed by atoms with Crippen molar-refractivity contribution in [2.75, 3.05) is 18.4 Å². The summed E-state index contributed by atoms with van der Waals surface area (Å²) in [5.41, 5.74) is 3.14. The van der Waals surface area contributed by atoms with Crippen LogP contribution < -0.4 is 5.32 Å². The maximum absolute atomic E-state index is 13.2. The molecule has 4 rings (SSSR count). The molecule has 6 nitrogen and oxygen atoms in total. The summed E-state index contributed by atoms with van der Waals surface area (Å²) < 4.78 is 1.99. The zero-order valence-corrected chi connectivity index (χ0v) is 16.5. The molecule has 0 spiro atoms. The predicted molar refractivity (Wildman–Crippen MR) is 109 cm³/mol. The molecule has 0 atom stereocenters. The van der Waals surface area contributed by atoms with E-state index < -0.39 is 0 Å². The fourth-order valence-corrected chi connectivity index (χ4v) is 4.22. The molecular weight excluding hydrogens is 352 g/mol. The number of hydrogen-bond donors (Lipinski definition) is 1. The van der Waals surface area contributed by atoms with Gasteiger partial charge in [0.25, 0.3) is 11.8 Å². The number of carbonyl (C=O) groups excluding carboxylic acids is 2. The van der Waals surface area contributed by atoms with E-state index in [0.717, 1.165) is 68.7 Å². The number of hydrogen-bond acceptors (Lipinski definition) is 3. The van der Waals surface area contributed by atoms with Crippen LogP contribution in [0.5, 0.6) is 0 Å². The number of rotatable bonds is 3. The Morgan fingerprint density at radius 1 is 1.00 bits per heavy atom. The summed E-state index contributed by atoms with van der Waals surface area (Å²) in [5.74, 6) is 0.178. The van der Waals surface area contributed by atoms with Crippen LogP contribution in [-0.4, -0.2) is 39.4 Å². The summed E-state index contributed by atoms with van der Waals surface area (Å²) in [6.45, 7) is 4.32. The van der Waals surface area contributed by atoms with Gasteiger partial charge in [-0.15, -0.1) is 0 Å². The van der Waals surface area contributed by atoms with Crippen LogP contribution in [0.1, 0.15) is 70.9 Å². The maximum Gasteiger partial charge on any atom is 0.289 e. The van der Waals surface area contributed by atoms with Crippen LogP contribution in [0.2, 0.25) is 0 Å². The number of benzene rings is 1. The lowest BCUT2D eigenvalue weighted by atomic mass is 10.1. The molecule has 2 amide bonds. The number of fused-ring (bicyclic) bond motifs is 1.